The van der Waals surface area contributed by atoms with E-state index in [4.69, 9.17) is 15.7 Å². The molecule has 0 aliphatic rings. The van der Waals surface area contributed by atoms with Crippen LogP contribution in [-0.4, -0.2) is 22.3 Å². The summed E-state index contributed by atoms with van der Waals surface area (Å²) in [6, 6.07) is 9.21. The Morgan fingerprint density at radius 3 is 2.64 bits per heavy atom. The molecule has 2 aromatic rings. The zero-order valence-electron chi connectivity index (χ0n) is 12.6. The van der Waals surface area contributed by atoms with E-state index in [1.54, 1.807) is 0 Å². The van der Waals surface area contributed by atoms with Crippen LogP contribution >= 0.6 is 0 Å². The lowest BCUT2D eigenvalue weighted by atomic mass is 10.1. The van der Waals surface area contributed by atoms with Crippen LogP contribution in [0.1, 0.15) is 29.8 Å². The number of hydrogen-bond acceptors (Lipinski definition) is 5. The van der Waals surface area contributed by atoms with Crippen molar-refractivity contribution in [3.63, 3.8) is 0 Å². The van der Waals surface area contributed by atoms with Gasteiger partial charge in [-0.1, -0.05) is 26.0 Å². The quantitative estimate of drug-likeness (QED) is 0.913. The molecule has 0 fully saturated rings. The standard InChI is InChI=1S/C16H18N4O2/c1-11(2)10-22-14-5-3-12(4-6-14)7-15(21)20-16(18)13(8-17)9-19-20/h3-6,9,11H,7,10,18H2,1-2H3. The van der Waals surface area contributed by atoms with Gasteiger partial charge in [-0.05, 0) is 23.6 Å². The molecule has 0 atom stereocenters. The fraction of sp³-hybridized carbons (Fsp3) is 0.312. The predicted molar refractivity (Wildman–Crippen MR) is 82.5 cm³/mol. The lowest BCUT2D eigenvalue weighted by Gasteiger charge is -2.09. The van der Waals surface area contributed by atoms with Gasteiger partial charge >= 0.3 is 0 Å². The third-order valence-corrected chi connectivity index (χ3v) is 3.03. The van der Waals surface area contributed by atoms with Crippen LogP contribution in [0.25, 0.3) is 0 Å². The van der Waals surface area contributed by atoms with Gasteiger partial charge in [0.15, 0.2) is 0 Å². The largest absolute Gasteiger partial charge is 0.493 e. The molecular formula is C16H18N4O2. The van der Waals surface area contributed by atoms with Crippen LogP contribution in [0, 0.1) is 17.2 Å². The number of ether oxygens (including phenoxy) is 1. The highest BCUT2D eigenvalue weighted by Crippen LogP contribution is 2.15. The zero-order valence-corrected chi connectivity index (χ0v) is 12.6. The molecule has 0 aliphatic heterocycles. The number of aromatic nitrogens is 2. The van der Waals surface area contributed by atoms with Crippen LogP contribution in [0.4, 0.5) is 5.82 Å². The second-order valence-corrected chi connectivity index (χ2v) is 5.39. The van der Waals surface area contributed by atoms with Gasteiger partial charge in [0.1, 0.15) is 23.2 Å². The van der Waals surface area contributed by atoms with Crippen LogP contribution in [0.15, 0.2) is 30.5 Å². The highest BCUT2D eigenvalue weighted by atomic mass is 16.5. The van der Waals surface area contributed by atoms with E-state index in [1.165, 1.54) is 6.20 Å². The van der Waals surface area contributed by atoms with Gasteiger partial charge in [-0.25, -0.2) is 0 Å². The minimum Gasteiger partial charge on any atom is -0.493 e. The first kappa shape index (κ1) is 15.6. The highest BCUT2D eigenvalue weighted by molar-refractivity contribution is 5.84. The van der Waals surface area contributed by atoms with Gasteiger partial charge in [0, 0.05) is 0 Å². The molecule has 1 aromatic carbocycles. The average molecular weight is 298 g/mol. The van der Waals surface area contributed by atoms with Crippen molar-refractivity contribution in [1.29, 1.82) is 5.26 Å². The molecule has 0 unspecified atom stereocenters. The maximum atomic E-state index is 12.1. The summed E-state index contributed by atoms with van der Waals surface area (Å²) < 4.78 is 6.65. The summed E-state index contributed by atoms with van der Waals surface area (Å²) in [4.78, 5) is 12.1. The lowest BCUT2D eigenvalue weighted by molar-refractivity contribution is 0.0901. The van der Waals surface area contributed by atoms with Crippen molar-refractivity contribution in [2.45, 2.75) is 20.3 Å². The molecule has 0 amide bonds. The van der Waals surface area contributed by atoms with Crippen molar-refractivity contribution in [3.05, 3.63) is 41.6 Å². The van der Waals surface area contributed by atoms with E-state index < -0.39 is 0 Å². The first-order valence-corrected chi connectivity index (χ1v) is 6.99. The molecule has 2 N–H and O–H groups in total. The van der Waals surface area contributed by atoms with Gasteiger partial charge < -0.3 is 10.5 Å². The molecule has 0 aliphatic carbocycles. The third kappa shape index (κ3) is 3.64. The number of carbonyl (C=O) groups excluding carboxylic acids is 1. The number of rotatable bonds is 5. The fourth-order valence-corrected chi connectivity index (χ4v) is 1.86. The Balaban J connectivity index is 2.02. The van der Waals surface area contributed by atoms with Crippen molar-refractivity contribution in [2.75, 3.05) is 12.3 Å². The molecule has 0 saturated carbocycles. The molecule has 1 heterocycles. The molecule has 2 rings (SSSR count). The number of nitrogen functional groups attached to an aromatic ring is 1. The number of nitrogens with zero attached hydrogens (tertiary/aromatic N) is 3. The van der Waals surface area contributed by atoms with Crippen molar-refractivity contribution in [2.24, 2.45) is 5.92 Å². The van der Waals surface area contributed by atoms with Crippen LogP contribution in [0.3, 0.4) is 0 Å². The topological polar surface area (TPSA) is 93.9 Å². The first-order chi connectivity index (χ1) is 10.5. The van der Waals surface area contributed by atoms with E-state index in [0.29, 0.717) is 12.5 Å². The second kappa shape index (κ2) is 6.76. The lowest BCUT2D eigenvalue weighted by Crippen LogP contribution is -2.17. The predicted octanol–water partition coefficient (Wildman–Crippen LogP) is 2.25. The number of carbonyl (C=O) groups is 1. The molecule has 114 valence electrons. The van der Waals surface area contributed by atoms with E-state index in [2.05, 4.69) is 18.9 Å². The van der Waals surface area contributed by atoms with E-state index in [1.807, 2.05) is 30.3 Å². The van der Waals surface area contributed by atoms with Gasteiger partial charge in [-0.3, -0.25) is 4.79 Å². The second-order valence-electron chi connectivity index (χ2n) is 5.39. The maximum absolute atomic E-state index is 12.1. The molecule has 6 heteroatoms. The molecule has 22 heavy (non-hydrogen) atoms. The number of benzene rings is 1. The number of nitrogens with two attached hydrogens (primary N) is 1. The molecule has 0 saturated heterocycles. The Hall–Kier alpha value is -2.81. The van der Waals surface area contributed by atoms with Gasteiger partial charge in [0.2, 0.25) is 0 Å². The van der Waals surface area contributed by atoms with E-state index >= 15 is 0 Å². The summed E-state index contributed by atoms with van der Waals surface area (Å²) in [5.74, 6) is 1.02. The molecule has 0 radical (unpaired) electrons. The summed E-state index contributed by atoms with van der Waals surface area (Å²) in [7, 11) is 0. The van der Waals surface area contributed by atoms with Crippen molar-refractivity contribution in [1.82, 2.24) is 9.78 Å². The van der Waals surface area contributed by atoms with Crippen LogP contribution in [0.2, 0.25) is 0 Å². The molecule has 0 bridgehead atoms. The maximum Gasteiger partial charge on any atom is 0.253 e. The first-order valence-electron chi connectivity index (χ1n) is 6.99. The van der Waals surface area contributed by atoms with Crippen LogP contribution in [0.5, 0.6) is 5.75 Å². The normalized spacial score (nSPS) is 10.5. The zero-order chi connectivity index (χ0) is 16.1. The van der Waals surface area contributed by atoms with Crippen molar-refractivity contribution >= 4 is 11.7 Å². The summed E-state index contributed by atoms with van der Waals surface area (Å²) in [6.07, 6.45) is 1.44. The minimum atomic E-state index is -0.283. The molecule has 1 aromatic heterocycles. The van der Waals surface area contributed by atoms with Gasteiger partial charge in [-0.2, -0.15) is 15.0 Å². The average Bonchev–Trinajstić information content (AvgIpc) is 2.87. The summed E-state index contributed by atoms with van der Waals surface area (Å²) in [6.45, 7) is 4.81. The van der Waals surface area contributed by atoms with Crippen LogP contribution < -0.4 is 10.5 Å². The van der Waals surface area contributed by atoms with Gasteiger partial charge in [-0.15, -0.1) is 0 Å². The van der Waals surface area contributed by atoms with Crippen LogP contribution in [-0.2, 0) is 6.42 Å². The number of nitriles is 1. The SMILES string of the molecule is CC(C)COc1ccc(CC(=O)n2ncc(C#N)c2N)cc1. The molecule has 0 spiro atoms. The fourth-order valence-electron chi connectivity index (χ4n) is 1.86. The summed E-state index contributed by atoms with van der Waals surface area (Å²) in [5.41, 5.74) is 6.73. The summed E-state index contributed by atoms with van der Waals surface area (Å²) in [5, 5.41) is 12.7. The Morgan fingerprint density at radius 1 is 1.41 bits per heavy atom. The van der Waals surface area contributed by atoms with Gasteiger partial charge in [0.25, 0.3) is 5.91 Å². The summed E-state index contributed by atoms with van der Waals surface area (Å²) >= 11 is 0. The Kier molecular flexibility index (Phi) is 4.79. The van der Waals surface area contributed by atoms with Gasteiger partial charge in [0.05, 0.1) is 19.2 Å². The Morgan fingerprint density at radius 2 is 2.09 bits per heavy atom. The molecule has 6 nitrogen and oxygen atoms in total. The monoisotopic (exact) mass is 298 g/mol. The smallest absolute Gasteiger partial charge is 0.253 e. The molecular weight excluding hydrogens is 280 g/mol. The highest BCUT2D eigenvalue weighted by Gasteiger charge is 2.14. The number of hydrogen-bond donors (Lipinski definition) is 1. The van der Waals surface area contributed by atoms with Crippen molar-refractivity contribution < 1.29 is 9.53 Å². The van der Waals surface area contributed by atoms with E-state index in [0.717, 1.165) is 16.0 Å². The third-order valence-electron chi connectivity index (χ3n) is 3.03. The number of anilines is 1. The van der Waals surface area contributed by atoms with E-state index in [9.17, 15) is 4.79 Å². The van der Waals surface area contributed by atoms with E-state index in [-0.39, 0.29) is 23.7 Å². The Labute approximate surface area is 129 Å². The Bertz CT molecular complexity index is 696. The van der Waals surface area contributed by atoms with Crippen molar-refractivity contribution in [3.8, 4) is 11.8 Å². The minimum absolute atomic E-state index is 0.0735.